The molecule has 1 saturated carbocycles. The number of methoxy groups -OCH3 is 1. The van der Waals surface area contributed by atoms with Gasteiger partial charge in [-0.25, -0.2) is 9.78 Å². The third-order valence-electron chi connectivity index (χ3n) is 5.60. The summed E-state index contributed by atoms with van der Waals surface area (Å²) in [6.07, 6.45) is 7.15. The van der Waals surface area contributed by atoms with Crippen LogP contribution in [0.3, 0.4) is 0 Å². The van der Waals surface area contributed by atoms with E-state index in [9.17, 15) is 9.59 Å². The van der Waals surface area contributed by atoms with E-state index in [4.69, 9.17) is 9.72 Å². The number of hydrogen-bond donors (Lipinski definition) is 0. The number of benzene rings is 2. The predicted octanol–water partition coefficient (Wildman–Crippen LogP) is 4.64. The lowest BCUT2D eigenvalue weighted by molar-refractivity contribution is -0.142. The molecule has 0 aliphatic heterocycles. The average Bonchev–Trinajstić information content (AvgIpc) is 2.83. The van der Waals surface area contributed by atoms with E-state index >= 15 is 0 Å². The van der Waals surface area contributed by atoms with Crippen molar-refractivity contribution in [3.8, 4) is 5.75 Å². The Morgan fingerprint density at radius 3 is 2.75 bits per heavy atom. The summed E-state index contributed by atoms with van der Waals surface area (Å²) in [6, 6.07) is 12.7. The number of hydrogen-bond acceptors (Lipinski definition) is 6. The summed E-state index contributed by atoms with van der Waals surface area (Å²) in [5, 5.41) is 5.09. The van der Waals surface area contributed by atoms with Gasteiger partial charge in [-0.05, 0) is 64.7 Å². The highest BCUT2D eigenvalue weighted by Crippen LogP contribution is 2.32. The van der Waals surface area contributed by atoms with Crippen molar-refractivity contribution in [1.29, 1.82) is 0 Å². The molecule has 1 aromatic heterocycles. The zero-order valence-corrected chi connectivity index (χ0v) is 19.4. The number of ether oxygens (including phenoxy) is 2. The van der Waals surface area contributed by atoms with E-state index in [1.54, 1.807) is 24.4 Å². The quantitative estimate of drug-likeness (QED) is 0.365. The van der Waals surface area contributed by atoms with Crippen molar-refractivity contribution in [1.82, 2.24) is 9.66 Å². The molecular formula is C24H24BrN3O4. The first-order valence-corrected chi connectivity index (χ1v) is 11.4. The molecule has 8 heteroatoms. The van der Waals surface area contributed by atoms with Gasteiger partial charge in [-0.3, -0.25) is 4.79 Å². The monoisotopic (exact) mass is 497 g/mol. The van der Waals surface area contributed by atoms with E-state index < -0.39 is 5.97 Å². The van der Waals surface area contributed by atoms with Gasteiger partial charge in [-0.15, -0.1) is 0 Å². The standard InChI is InChI=1S/C24H24BrN3O4/c1-31-22(29)15-32-21-12-11-16(13-19(21)25)14-26-28-23(17-7-3-2-4-8-17)27-20-10-6-5-9-18(20)24(28)30/h5-6,9-14,17H,2-4,7-8,15H2,1H3. The van der Waals surface area contributed by atoms with Gasteiger partial charge >= 0.3 is 5.97 Å². The molecule has 1 fully saturated rings. The highest BCUT2D eigenvalue weighted by atomic mass is 79.9. The number of para-hydroxylation sites is 1. The zero-order valence-electron chi connectivity index (χ0n) is 17.8. The van der Waals surface area contributed by atoms with Crippen molar-refractivity contribution < 1.29 is 14.3 Å². The van der Waals surface area contributed by atoms with Crippen LogP contribution in [0.15, 0.2) is 56.8 Å². The van der Waals surface area contributed by atoms with Crippen LogP contribution in [0.2, 0.25) is 0 Å². The van der Waals surface area contributed by atoms with Gasteiger partial charge in [0.05, 0.1) is 28.7 Å². The normalized spacial score (nSPS) is 14.7. The second-order valence-corrected chi connectivity index (χ2v) is 8.59. The number of esters is 1. The molecule has 1 aliphatic carbocycles. The summed E-state index contributed by atoms with van der Waals surface area (Å²) in [5.74, 6) is 1.00. The molecule has 0 saturated heterocycles. The summed E-state index contributed by atoms with van der Waals surface area (Å²) in [6.45, 7) is -0.175. The Bertz CT molecular complexity index is 1220. The Labute approximate surface area is 194 Å². The number of halogens is 1. The Kier molecular flexibility index (Phi) is 6.99. The average molecular weight is 498 g/mol. The summed E-state index contributed by atoms with van der Waals surface area (Å²) >= 11 is 3.45. The molecule has 4 rings (SSSR count). The van der Waals surface area contributed by atoms with Crippen LogP contribution >= 0.6 is 15.9 Å². The van der Waals surface area contributed by atoms with Crippen LogP contribution in [0.4, 0.5) is 0 Å². The van der Waals surface area contributed by atoms with Crippen molar-refractivity contribution in [2.75, 3.05) is 13.7 Å². The lowest BCUT2D eigenvalue weighted by Crippen LogP contribution is -2.25. The fourth-order valence-corrected chi connectivity index (χ4v) is 4.42. The van der Waals surface area contributed by atoms with Gasteiger partial charge in [0, 0.05) is 5.92 Å². The first-order valence-electron chi connectivity index (χ1n) is 10.6. The fraction of sp³-hybridized carbons (Fsp3) is 0.333. The first-order chi connectivity index (χ1) is 15.6. The summed E-state index contributed by atoms with van der Waals surface area (Å²) in [7, 11) is 1.31. The van der Waals surface area contributed by atoms with E-state index in [0.717, 1.165) is 37.1 Å². The molecule has 7 nitrogen and oxygen atoms in total. The summed E-state index contributed by atoms with van der Waals surface area (Å²) < 4.78 is 12.1. The predicted molar refractivity (Wildman–Crippen MR) is 126 cm³/mol. The minimum absolute atomic E-state index is 0.162. The smallest absolute Gasteiger partial charge is 0.343 e. The Morgan fingerprint density at radius 2 is 2.00 bits per heavy atom. The Balaban J connectivity index is 1.67. The van der Waals surface area contributed by atoms with Gasteiger partial charge in [0.2, 0.25) is 0 Å². The van der Waals surface area contributed by atoms with Crippen LogP contribution < -0.4 is 10.3 Å². The SMILES string of the molecule is COC(=O)COc1ccc(C=Nn2c(C3CCCCC3)nc3ccccc3c2=O)cc1Br. The number of fused-ring (bicyclic) bond motifs is 1. The second-order valence-electron chi connectivity index (χ2n) is 7.74. The van der Waals surface area contributed by atoms with Gasteiger partial charge in [-0.1, -0.05) is 31.4 Å². The number of aromatic nitrogens is 2. The largest absolute Gasteiger partial charge is 0.481 e. The van der Waals surface area contributed by atoms with Gasteiger partial charge in [-0.2, -0.15) is 9.78 Å². The topological polar surface area (TPSA) is 82.8 Å². The fourth-order valence-electron chi connectivity index (χ4n) is 3.91. The lowest BCUT2D eigenvalue weighted by atomic mass is 9.88. The highest BCUT2D eigenvalue weighted by molar-refractivity contribution is 9.10. The molecule has 0 radical (unpaired) electrons. The number of carbonyl (C=O) groups is 1. The molecule has 0 N–H and O–H groups in total. The molecule has 0 spiro atoms. The van der Waals surface area contributed by atoms with Gasteiger partial charge in [0.15, 0.2) is 6.61 Å². The number of carbonyl (C=O) groups excluding carboxylic acids is 1. The molecule has 0 atom stereocenters. The van der Waals surface area contributed by atoms with Crippen LogP contribution in [0.25, 0.3) is 10.9 Å². The van der Waals surface area contributed by atoms with Gasteiger partial charge < -0.3 is 9.47 Å². The van der Waals surface area contributed by atoms with E-state index in [1.807, 2.05) is 24.3 Å². The van der Waals surface area contributed by atoms with E-state index in [0.29, 0.717) is 21.1 Å². The molecule has 1 aliphatic rings. The third-order valence-corrected chi connectivity index (χ3v) is 6.22. The molecular weight excluding hydrogens is 474 g/mol. The van der Waals surface area contributed by atoms with Crippen molar-refractivity contribution in [2.45, 2.75) is 38.0 Å². The molecule has 166 valence electrons. The van der Waals surface area contributed by atoms with Crippen molar-refractivity contribution in [3.05, 3.63) is 68.7 Å². The molecule has 0 amide bonds. The lowest BCUT2D eigenvalue weighted by Gasteiger charge is -2.22. The third kappa shape index (κ3) is 4.91. The van der Waals surface area contributed by atoms with Crippen LogP contribution in [-0.2, 0) is 9.53 Å². The van der Waals surface area contributed by atoms with Crippen molar-refractivity contribution in [2.24, 2.45) is 5.10 Å². The summed E-state index contributed by atoms with van der Waals surface area (Å²) in [4.78, 5) is 29.4. The first kappa shape index (κ1) is 22.2. The van der Waals surface area contributed by atoms with Gasteiger partial charge in [0.25, 0.3) is 5.56 Å². The van der Waals surface area contributed by atoms with E-state index in [1.165, 1.54) is 18.2 Å². The minimum Gasteiger partial charge on any atom is -0.481 e. The molecule has 3 aromatic rings. The molecule has 0 unspecified atom stereocenters. The number of rotatable bonds is 6. The van der Waals surface area contributed by atoms with Gasteiger partial charge in [0.1, 0.15) is 11.6 Å². The maximum absolute atomic E-state index is 13.2. The van der Waals surface area contributed by atoms with Crippen LogP contribution in [-0.4, -0.2) is 35.6 Å². The maximum Gasteiger partial charge on any atom is 0.343 e. The zero-order chi connectivity index (χ0) is 22.5. The highest BCUT2D eigenvalue weighted by Gasteiger charge is 2.22. The van der Waals surface area contributed by atoms with Crippen LogP contribution in [0.5, 0.6) is 5.75 Å². The molecule has 2 aromatic carbocycles. The van der Waals surface area contributed by atoms with E-state index in [2.05, 4.69) is 25.8 Å². The molecule has 0 bridgehead atoms. The van der Waals surface area contributed by atoms with Crippen LogP contribution in [0.1, 0.15) is 49.4 Å². The Morgan fingerprint density at radius 1 is 1.22 bits per heavy atom. The van der Waals surface area contributed by atoms with E-state index in [-0.39, 0.29) is 18.1 Å². The summed E-state index contributed by atoms with van der Waals surface area (Å²) in [5.41, 5.74) is 1.32. The molecule has 32 heavy (non-hydrogen) atoms. The Hall–Kier alpha value is -3.00. The minimum atomic E-state index is -0.457. The maximum atomic E-state index is 13.2. The number of nitrogens with zero attached hydrogens (tertiary/aromatic N) is 3. The van der Waals surface area contributed by atoms with Crippen LogP contribution in [0, 0.1) is 0 Å². The van der Waals surface area contributed by atoms with Crippen molar-refractivity contribution in [3.63, 3.8) is 0 Å². The van der Waals surface area contributed by atoms with Crippen molar-refractivity contribution >= 4 is 39.0 Å². The second kappa shape index (κ2) is 10.1. The molecule has 1 heterocycles.